The van der Waals surface area contributed by atoms with Crippen LogP contribution in [0.4, 0.5) is 0 Å². The van der Waals surface area contributed by atoms with Crippen LogP contribution >= 0.6 is 0 Å². The van der Waals surface area contributed by atoms with Crippen molar-refractivity contribution in [2.45, 2.75) is 6.42 Å². The van der Waals surface area contributed by atoms with E-state index in [1.165, 1.54) is 0 Å². The Hall–Kier alpha value is -0.610. The van der Waals surface area contributed by atoms with Gasteiger partial charge in [0.15, 0.2) is 0 Å². The molecule has 0 bridgehead atoms. The van der Waals surface area contributed by atoms with Crippen molar-refractivity contribution in [3.63, 3.8) is 0 Å². The summed E-state index contributed by atoms with van der Waals surface area (Å²) in [5.41, 5.74) is 0. The van der Waals surface area contributed by atoms with Gasteiger partial charge in [-0.3, -0.25) is 4.79 Å². The molecule has 2 aliphatic rings. The van der Waals surface area contributed by atoms with Crippen LogP contribution in [0.25, 0.3) is 0 Å². The Bertz CT molecular complexity index is 207. The number of nitrogens with zero attached hydrogens (tertiary/aromatic N) is 2. The van der Waals surface area contributed by atoms with Gasteiger partial charge in [-0.2, -0.15) is 0 Å². The van der Waals surface area contributed by atoms with E-state index in [2.05, 4.69) is 11.9 Å². The molecule has 80 valence electrons. The highest BCUT2D eigenvalue weighted by Crippen LogP contribution is 2.17. The van der Waals surface area contributed by atoms with Gasteiger partial charge in [0, 0.05) is 19.6 Å². The van der Waals surface area contributed by atoms with Gasteiger partial charge in [0.2, 0.25) is 5.91 Å². The number of hydrogen-bond donors (Lipinski definition) is 0. The Morgan fingerprint density at radius 2 is 2.00 bits per heavy atom. The summed E-state index contributed by atoms with van der Waals surface area (Å²) in [6.45, 7) is 4.94. The molecule has 0 aromatic heterocycles. The first kappa shape index (κ1) is 9.93. The molecule has 0 radical (unpaired) electrons. The fourth-order valence-corrected chi connectivity index (χ4v) is 2.18. The first-order valence-electron chi connectivity index (χ1n) is 5.32. The lowest BCUT2D eigenvalue weighted by Crippen LogP contribution is -2.44. The van der Waals surface area contributed by atoms with Crippen molar-refractivity contribution in [2.24, 2.45) is 5.92 Å². The fraction of sp³-hybridized carbons (Fsp3) is 0.900. The second kappa shape index (κ2) is 4.28. The van der Waals surface area contributed by atoms with E-state index < -0.39 is 0 Å². The third kappa shape index (κ3) is 2.07. The molecule has 1 amide bonds. The van der Waals surface area contributed by atoms with E-state index in [1.807, 2.05) is 4.90 Å². The van der Waals surface area contributed by atoms with E-state index in [-0.39, 0.29) is 5.92 Å². The zero-order valence-electron chi connectivity index (χ0n) is 8.74. The fourth-order valence-electron chi connectivity index (χ4n) is 2.18. The summed E-state index contributed by atoms with van der Waals surface area (Å²) in [4.78, 5) is 16.2. The zero-order valence-corrected chi connectivity index (χ0v) is 8.74. The summed E-state index contributed by atoms with van der Waals surface area (Å²) < 4.78 is 5.23. The van der Waals surface area contributed by atoms with Gasteiger partial charge in [-0.15, -0.1) is 0 Å². The third-order valence-corrected chi connectivity index (χ3v) is 3.06. The van der Waals surface area contributed by atoms with Crippen molar-refractivity contribution in [3.8, 4) is 0 Å². The molecule has 2 rings (SSSR count). The van der Waals surface area contributed by atoms with Gasteiger partial charge in [0.1, 0.15) is 0 Å². The standard InChI is InChI=1S/C10H18N2O2/c1-11-3-2-9(8-11)10(13)12-4-6-14-7-5-12/h9H,2-8H2,1H3. The van der Waals surface area contributed by atoms with Crippen LogP contribution in [0.5, 0.6) is 0 Å². The summed E-state index contributed by atoms with van der Waals surface area (Å²) in [5, 5.41) is 0. The molecular formula is C10H18N2O2. The van der Waals surface area contributed by atoms with Crippen LogP contribution in [0, 0.1) is 5.92 Å². The SMILES string of the molecule is CN1CCC(C(=O)N2CCOCC2)C1. The number of likely N-dealkylation sites (tertiary alicyclic amines) is 1. The molecule has 0 spiro atoms. The van der Waals surface area contributed by atoms with Gasteiger partial charge in [0.05, 0.1) is 19.1 Å². The minimum atomic E-state index is 0.234. The quantitative estimate of drug-likeness (QED) is 0.585. The minimum absolute atomic E-state index is 0.234. The Balaban J connectivity index is 1.87. The first-order chi connectivity index (χ1) is 6.77. The highest BCUT2D eigenvalue weighted by atomic mass is 16.5. The third-order valence-electron chi connectivity index (χ3n) is 3.06. The van der Waals surface area contributed by atoms with Crippen LogP contribution in [0.15, 0.2) is 0 Å². The molecule has 0 aliphatic carbocycles. The van der Waals surface area contributed by atoms with Crippen molar-refractivity contribution in [2.75, 3.05) is 46.4 Å². The monoisotopic (exact) mass is 198 g/mol. The second-order valence-corrected chi connectivity index (χ2v) is 4.19. The second-order valence-electron chi connectivity index (χ2n) is 4.19. The van der Waals surface area contributed by atoms with Crippen LogP contribution < -0.4 is 0 Å². The van der Waals surface area contributed by atoms with Crippen molar-refractivity contribution < 1.29 is 9.53 Å². The molecule has 2 heterocycles. The molecule has 0 saturated carbocycles. The van der Waals surface area contributed by atoms with Crippen molar-refractivity contribution >= 4 is 5.91 Å². The largest absolute Gasteiger partial charge is 0.378 e. The van der Waals surface area contributed by atoms with E-state index in [0.29, 0.717) is 19.1 Å². The van der Waals surface area contributed by atoms with Gasteiger partial charge in [-0.1, -0.05) is 0 Å². The van der Waals surface area contributed by atoms with Gasteiger partial charge in [0.25, 0.3) is 0 Å². The van der Waals surface area contributed by atoms with E-state index in [1.54, 1.807) is 0 Å². The smallest absolute Gasteiger partial charge is 0.227 e. The van der Waals surface area contributed by atoms with E-state index in [4.69, 9.17) is 4.74 Å². The van der Waals surface area contributed by atoms with Gasteiger partial charge in [-0.25, -0.2) is 0 Å². The summed E-state index contributed by atoms with van der Waals surface area (Å²) in [5.74, 6) is 0.566. The number of hydrogen-bond acceptors (Lipinski definition) is 3. The number of morpholine rings is 1. The summed E-state index contributed by atoms with van der Waals surface area (Å²) in [6, 6.07) is 0. The molecule has 0 aromatic rings. The number of carbonyl (C=O) groups excluding carboxylic acids is 1. The maximum Gasteiger partial charge on any atom is 0.227 e. The van der Waals surface area contributed by atoms with Crippen LogP contribution in [0.2, 0.25) is 0 Å². The molecule has 1 atom stereocenters. The molecule has 2 saturated heterocycles. The lowest BCUT2D eigenvalue weighted by Gasteiger charge is -2.29. The molecule has 0 aromatic carbocycles. The van der Waals surface area contributed by atoms with Crippen molar-refractivity contribution in [1.29, 1.82) is 0 Å². The lowest BCUT2D eigenvalue weighted by atomic mass is 10.1. The molecule has 2 aliphatic heterocycles. The maximum atomic E-state index is 12.0. The number of rotatable bonds is 1. The highest BCUT2D eigenvalue weighted by Gasteiger charge is 2.30. The minimum Gasteiger partial charge on any atom is -0.378 e. The molecular weight excluding hydrogens is 180 g/mol. The van der Waals surface area contributed by atoms with E-state index in [9.17, 15) is 4.79 Å². The average molecular weight is 198 g/mol. The summed E-state index contributed by atoms with van der Waals surface area (Å²) in [7, 11) is 2.08. The summed E-state index contributed by atoms with van der Waals surface area (Å²) >= 11 is 0. The van der Waals surface area contributed by atoms with Crippen molar-refractivity contribution in [3.05, 3.63) is 0 Å². The molecule has 4 nitrogen and oxygen atoms in total. The Kier molecular flexibility index (Phi) is 3.03. The van der Waals surface area contributed by atoms with Gasteiger partial charge < -0.3 is 14.5 Å². The Morgan fingerprint density at radius 1 is 1.29 bits per heavy atom. The van der Waals surface area contributed by atoms with Gasteiger partial charge >= 0.3 is 0 Å². The number of ether oxygens (including phenoxy) is 1. The van der Waals surface area contributed by atoms with Crippen LogP contribution in [0.1, 0.15) is 6.42 Å². The van der Waals surface area contributed by atoms with Crippen LogP contribution in [-0.2, 0) is 9.53 Å². The predicted molar refractivity (Wildman–Crippen MR) is 53.0 cm³/mol. The van der Waals surface area contributed by atoms with Gasteiger partial charge in [-0.05, 0) is 20.0 Å². The van der Waals surface area contributed by atoms with Crippen molar-refractivity contribution in [1.82, 2.24) is 9.80 Å². The summed E-state index contributed by atoms with van der Waals surface area (Å²) in [6.07, 6.45) is 1.02. The molecule has 4 heteroatoms. The van der Waals surface area contributed by atoms with E-state index in [0.717, 1.165) is 32.6 Å². The maximum absolute atomic E-state index is 12.0. The lowest BCUT2D eigenvalue weighted by molar-refractivity contribution is -0.139. The number of carbonyl (C=O) groups is 1. The Labute approximate surface area is 84.8 Å². The zero-order chi connectivity index (χ0) is 9.97. The molecule has 0 N–H and O–H groups in total. The highest BCUT2D eigenvalue weighted by molar-refractivity contribution is 5.79. The first-order valence-corrected chi connectivity index (χ1v) is 5.32. The normalized spacial score (nSPS) is 29.5. The molecule has 14 heavy (non-hydrogen) atoms. The van der Waals surface area contributed by atoms with E-state index >= 15 is 0 Å². The van der Waals surface area contributed by atoms with Crippen LogP contribution in [0.3, 0.4) is 0 Å². The molecule has 1 unspecified atom stereocenters. The topological polar surface area (TPSA) is 32.8 Å². The molecule has 2 fully saturated rings. The van der Waals surface area contributed by atoms with Crippen LogP contribution in [-0.4, -0.2) is 62.1 Å². The average Bonchev–Trinajstić information content (AvgIpc) is 2.65. The predicted octanol–water partition coefficient (Wildman–Crippen LogP) is -0.203. The number of amides is 1. The Morgan fingerprint density at radius 3 is 2.57 bits per heavy atom.